The van der Waals surface area contributed by atoms with Crippen molar-refractivity contribution in [3.8, 4) is 0 Å². The first-order chi connectivity index (χ1) is 14.7. The van der Waals surface area contributed by atoms with Crippen LogP contribution >= 0.6 is 0 Å². The van der Waals surface area contributed by atoms with Crippen molar-refractivity contribution in [1.82, 2.24) is 0 Å². The lowest BCUT2D eigenvalue weighted by Crippen LogP contribution is -2.10. The van der Waals surface area contributed by atoms with E-state index in [1.165, 1.54) is 0 Å². The van der Waals surface area contributed by atoms with Gasteiger partial charge in [0.25, 0.3) is 0 Å². The molecule has 0 unspecified atom stereocenters. The molecule has 1 rings (SSSR count). The first-order valence-electron chi connectivity index (χ1n) is 10.6. The number of hydrogen-bond acceptors (Lipinski definition) is 6. The molecule has 0 N–H and O–H groups in total. The molecule has 0 saturated heterocycles. The van der Waals surface area contributed by atoms with Crippen LogP contribution in [0.15, 0.2) is 37.1 Å². The van der Waals surface area contributed by atoms with Crippen molar-refractivity contribution in [2.24, 2.45) is 0 Å². The highest BCUT2D eigenvalue weighted by molar-refractivity contribution is 5.68. The summed E-state index contributed by atoms with van der Waals surface area (Å²) in [5, 5.41) is 0. The van der Waals surface area contributed by atoms with Gasteiger partial charge in [-0.25, -0.2) is 0 Å². The molecule has 0 aliphatic carbocycles. The molecule has 0 aliphatic heterocycles. The molecular weight excluding hydrogens is 384 g/mol. The Morgan fingerprint density at radius 1 is 0.700 bits per heavy atom. The van der Waals surface area contributed by atoms with Gasteiger partial charge in [0.1, 0.15) is 6.61 Å². The van der Waals surface area contributed by atoms with Crippen LogP contribution in [0, 0.1) is 0 Å². The minimum absolute atomic E-state index is 0.482. The third-order valence-corrected chi connectivity index (χ3v) is 4.15. The summed E-state index contributed by atoms with van der Waals surface area (Å²) >= 11 is 0. The molecule has 6 heteroatoms. The van der Waals surface area contributed by atoms with E-state index in [1.54, 1.807) is 6.26 Å². The summed E-state index contributed by atoms with van der Waals surface area (Å²) in [6.45, 7) is 16.6. The van der Waals surface area contributed by atoms with Crippen LogP contribution in [0.2, 0.25) is 0 Å². The maximum atomic E-state index is 5.62. The summed E-state index contributed by atoms with van der Waals surface area (Å²) < 4.78 is 32.4. The second kappa shape index (κ2) is 18.1. The van der Waals surface area contributed by atoms with E-state index in [0.717, 1.165) is 22.3 Å². The van der Waals surface area contributed by atoms with Crippen molar-refractivity contribution >= 4 is 11.1 Å². The minimum atomic E-state index is 0.482. The Labute approximate surface area is 181 Å². The Hall–Kier alpha value is -1.70. The number of allylic oxidation sites excluding steroid dienone is 1. The van der Waals surface area contributed by atoms with Gasteiger partial charge in [0.05, 0.1) is 59.1 Å². The molecule has 1 aromatic carbocycles. The van der Waals surface area contributed by atoms with Gasteiger partial charge in [-0.2, -0.15) is 0 Å². The summed E-state index contributed by atoms with van der Waals surface area (Å²) in [4.78, 5) is 0. The average molecular weight is 423 g/mol. The Kier molecular flexibility index (Phi) is 15.9. The second-order valence-electron chi connectivity index (χ2n) is 6.52. The van der Waals surface area contributed by atoms with Gasteiger partial charge >= 0.3 is 0 Å². The minimum Gasteiger partial charge on any atom is -0.498 e. The zero-order chi connectivity index (χ0) is 21.9. The van der Waals surface area contributed by atoms with E-state index in [-0.39, 0.29) is 0 Å². The first kappa shape index (κ1) is 26.3. The third-order valence-electron chi connectivity index (χ3n) is 4.15. The standard InChI is InChI=1S/C24H38O6/c1-5-25-11-13-27-15-17-29-19-21(3)23-7-9-24(10-8-23)22(4)20-30-18-16-28-14-12-26-6-2/h7-10,20H,3,5-6,11-19H2,1-2,4H3. The Balaban J connectivity index is 2.22. The monoisotopic (exact) mass is 422 g/mol. The predicted octanol–water partition coefficient (Wildman–Crippen LogP) is 4.20. The molecular formula is C24H38O6. The Morgan fingerprint density at radius 2 is 1.17 bits per heavy atom. The van der Waals surface area contributed by atoms with Crippen LogP contribution in [0.4, 0.5) is 0 Å². The maximum absolute atomic E-state index is 5.62. The largest absolute Gasteiger partial charge is 0.498 e. The summed E-state index contributed by atoms with van der Waals surface area (Å²) in [7, 11) is 0. The molecule has 6 nitrogen and oxygen atoms in total. The average Bonchev–Trinajstić information content (AvgIpc) is 2.77. The molecule has 0 saturated carbocycles. The lowest BCUT2D eigenvalue weighted by Gasteiger charge is -2.10. The van der Waals surface area contributed by atoms with Gasteiger partial charge in [-0.05, 0) is 43.0 Å². The zero-order valence-electron chi connectivity index (χ0n) is 18.8. The summed E-state index contributed by atoms with van der Waals surface area (Å²) in [6, 6.07) is 8.22. The molecule has 170 valence electrons. The lowest BCUT2D eigenvalue weighted by molar-refractivity contribution is 0.0231. The molecule has 0 heterocycles. The SMILES string of the molecule is C=C(COCCOCCOCC)c1ccc(C(C)=COCCOCCOCC)cc1. The fraction of sp³-hybridized carbons (Fsp3) is 0.583. The van der Waals surface area contributed by atoms with Crippen LogP contribution in [-0.4, -0.2) is 72.7 Å². The quantitative estimate of drug-likeness (QED) is 0.246. The van der Waals surface area contributed by atoms with Crippen molar-refractivity contribution in [1.29, 1.82) is 0 Å². The van der Waals surface area contributed by atoms with Gasteiger partial charge in [-0.3, -0.25) is 0 Å². The van der Waals surface area contributed by atoms with Crippen LogP contribution in [0.25, 0.3) is 11.1 Å². The highest BCUT2D eigenvalue weighted by Gasteiger charge is 2.02. The molecule has 0 spiro atoms. The van der Waals surface area contributed by atoms with Gasteiger partial charge in [-0.15, -0.1) is 0 Å². The Morgan fingerprint density at radius 3 is 1.73 bits per heavy atom. The van der Waals surface area contributed by atoms with E-state index >= 15 is 0 Å². The normalized spacial score (nSPS) is 11.6. The van der Waals surface area contributed by atoms with Gasteiger partial charge in [0.2, 0.25) is 0 Å². The molecule has 0 amide bonds. The van der Waals surface area contributed by atoms with E-state index in [1.807, 2.05) is 32.9 Å². The molecule has 0 aromatic heterocycles. The summed E-state index contributed by atoms with van der Waals surface area (Å²) in [5.41, 5.74) is 4.17. The molecule has 0 bridgehead atoms. The highest BCUT2D eigenvalue weighted by Crippen LogP contribution is 2.18. The van der Waals surface area contributed by atoms with Gasteiger partial charge in [-0.1, -0.05) is 30.8 Å². The summed E-state index contributed by atoms with van der Waals surface area (Å²) in [6.07, 6.45) is 1.77. The zero-order valence-corrected chi connectivity index (χ0v) is 18.8. The maximum Gasteiger partial charge on any atom is 0.111 e. The predicted molar refractivity (Wildman–Crippen MR) is 121 cm³/mol. The van der Waals surface area contributed by atoms with E-state index < -0.39 is 0 Å². The van der Waals surface area contributed by atoms with Crippen molar-refractivity contribution in [3.63, 3.8) is 0 Å². The van der Waals surface area contributed by atoms with Crippen LogP contribution < -0.4 is 0 Å². The molecule has 0 atom stereocenters. The molecule has 30 heavy (non-hydrogen) atoms. The number of benzene rings is 1. The number of ether oxygens (including phenoxy) is 6. The second-order valence-corrected chi connectivity index (χ2v) is 6.52. The van der Waals surface area contributed by atoms with Crippen molar-refractivity contribution in [2.75, 3.05) is 72.7 Å². The fourth-order valence-electron chi connectivity index (χ4n) is 2.45. The topological polar surface area (TPSA) is 55.4 Å². The van der Waals surface area contributed by atoms with E-state index in [4.69, 9.17) is 28.4 Å². The Bertz CT molecular complexity index is 582. The van der Waals surface area contributed by atoms with Crippen LogP contribution in [0.3, 0.4) is 0 Å². The van der Waals surface area contributed by atoms with Crippen LogP contribution in [0.5, 0.6) is 0 Å². The van der Waals surface area contributed by atoms with Crippen molar-refractivity contribution in [3.05, 3.63) is 48.2 Å². The van der Waals surface area contributed by atoms with Gasteiger partial charge in [0.15, 0.2) is 0 Å². The van der Waals surface area contributed by atoms with Gasteiger partial charge < -0.3 is 28.4 Å². The van der Waals surface area contributed by atoms with Crippen LogP contribution in [-0.2, 0) is 28.4 Å². The van der Waals surface area contributed by atoms with E-state index in [9.17, 15) is 0 Å². The van der Waals surface area contributed by atoms with E-state index in [2.05, 4.69) is 18.7 Å². The molecule has 0 fully saturated rings. The van der Waals surface area contributed by atoms with Gasteiger partial charge in [0, 0.05) is 13.2 Å². The highest BCUT2D eigenvalue weighted by atomic mass is 16.5. The smallest absolute Gasteiger partial charge is 0.111 e. The third kappa shape index (κ3) is 12.8. The number of hydrogen-bond donors (Lipinski definition) is 0. The van der Waals surface area contributed by atoms with E-state index in [0.29, 0.717) is 72.7 Å². The number of rotatable bonds is 19. The van der Waals surface area contributed by atoms with Crippen molar-refractivity contribution < 1.29 is 28.4 Å². The van der Waals surface area contributed by atoms with Crippen molar-refractivity contribution in [2.45, 2.75) is 20.8 Å². The lowest BCUT2D eigenvalue weighted by atomic mass is 10.0. The van der Waals surface area contributed by atoms with Crippen LogP contribution in [0.1, 0.15) is 31.9 Å². The molecule has 1 aromatic rings. The summed E-state index contributed by atoms with van der Waals surface area (Å²) in [5.74, 6) is 0. The molecule has 0 radical (unpaired) electrons. The first-order valence-corrected chi connectivity index (χ1v) is 10.6. The molecule has 0 aliphatic rings. The fourth-order valence-corrected chi connectivity index (χ4v) is 2.45.